The lowest BCUT2D eigenvalue weighted by Gasteiger charge is -2.37. The first-order chi connectivity index (χ1) is 14.5. The predicted octanol–water partition coefficient (Wildman–Crippen LogP) is 0.184. The standard InChI is InChI=1S/C20H26N4O6/c1-4-30-19(27)16-17(13-5-6-14(28-2)15(11-13)29-3)21-20(22-18(16)26)24-9-7-23(12-25)8-10-24/h5-6,11-12,16-17H,4,7-10H2,1-3H3,(H,21,22,26). The zero-order valence-electron chi connectivity index (χ0n) is 17.3. The van der Waals surface area contributed by atoms with Crippen LogP contribution < -0.4 is 14.8 Å². The molecule has 1 aromatic carbocycles. The molecule has 0 aromatic heterocycles. The average molecular weight is 418 g/mol. The summed E-state index contributed by atoms with van der Waals surface area (Å²) in [6.07, 6.45) is 0.807. The van der Waals surface area contributed by atoms with Crippen molar-refractivity contribution in [3.05, 3.63) is 23.8 Å². The van der Waals surface area contributed by atoms with E-state index >= 15 is 0 Å². The SMILES string of the molecule is CCOC(=O)C1C(=O)NC(N2CCN(C=O)CC2)=NC1c1ccc(OC)c(OC)c1. The maximum atomic E-state index is 12.9. The van der Waals surface area contributed by atoms with Crippen LogP contribution in [0.4, 0.5) is 0 Å². The van der Waals surface area contributed by atoms with E-state index in [2.05, 4.69) is 5.32 Å². The second-order valence-electron chi connectivity index (χ2n) is 6.86. The van der Waals surface area contributed by atoms with Gasteiger partial charge in [-0.3, -0.25) is 19.7 Å². The first kappa shape index (κ1) is 21.4. The Morgan fingerprint density at radius 2 is 1.90 bits per heavy atom. The minimum absolute atomic E-state index is 0.158. The molecule has 0 aliphatic carbocycles. The number of carbonyl (C=O) groups excluding carboxylic acids is 3. The van der Waals surface area contributed by atoms with Crippen LogP contribution in [0.5, 0.6) is 11.5 Å². The number of ether oxygens (including phenoxy) is 3. The lowest BCUT2D eigenvalue weighted by atomic mass is 9.91. The molecule has 0 bridgehead atoms. The number of carbonyl (C=O) groups is 3. The van der Waals surface area contributed by atoms with Crippen molar-refractivity contribution in [1.82, 2.24) is 15.1 Å². The van der Waals surface area contributed by atoms with E-state index in [0.29, 0.717) is 49.2 Å². The zero-order valence-corrected chi connectivity index (χ0v) is 17.3. The summed E-state index contributed by atoms with van der Waals surface area (Å²) in [5, 5.41) is 2.73. The lowest BCUT2D eigenvalue weighted by Crippen LogP contribution is -2.57. The highest BCUT2D eigenvalue weighted by atomic mass is 16.5. The normalized spacial score (nSPS) is 21.4. The van der Waals surface area contributed by atoms with Crippen LogP contribution in [0, 0.1) is 5.92 Å². The first-order valence-corrected chi connectivity index (χ1v) is 9.73. The van der Waals surface area contributed by atoms with Crippen LogP contribution in [-0.4, -0.2) is 81.1 Å². The minimum Gasteiger partial charge on any atom is -0.493 e. The van der Waals surface area contributed by atoms with E-state index in [1.54, 1.807) is 30.0 Å². The predicted molar refractivity (Wildman–Crippen MR) is 107 cm³/mol. The molecule has 2 atom stereocenters. The highest BCUT2D eigenvalue weighted by Gasteiger charge is 2.42. The summed E-state index contributed by atoms with van der Waals surface area (Å²) in [5.74, 6) is -0.850. The van der Waals surface area contributed by atoms with Gasteiger partial charge in [0, 0.05) is 26.2 Å². The number of methoxy groups -OCH3 is 2. The molecule has 2 heterocycles. The number of guanidine groups is 1. The van der Waals surface area contributed by atoms with Gasteiger partial charge >= 0.3 is 5.97 Å². The fourth-order valence-corrected chi connectivity index (χ4v) is 3.54. The van der Waals surface area contributed by atoms with Crippen LogP contribution >= 0.6 is 0 Å². The van der Waals surface area contributed by atoms with Gasteiger partial charge in [-0.25, -0.2) is 4.99 Å². The molecule has 2 amide bonds. The molecule has 1 fully saturated rings. The number of amides is 2. The number of nitrogens with one attached hydrogen (secondary N) is 1. The number of piperazine rings is 1. The Kier molecular flexibility index (Phi) is 6.76. The van der Waals surface area contributed by atoms with Gasteiger partial charge in [0.25, 0.3) is 0 Å². The van der Waals surface area contributed by atoms with E-state index in [1.807, 2.05) is 4.90 Å². The molecule has 0 saturated carbocycles. The average Bonchev–Trinajstić information content (AvgIpc) is 2.78. The Bertz CT molecular complexity index is 835. The van der Waals surface area contributed by atoms with Crippen LogP contribution in [0.15, 0.2) is 23.2 Å². The van der Waals surface area contributed by atoms with Crippen molar-refractivity contribution in [3.63, 3.8) is 0 Å². The monoisotopic (exact) mass is 418 g/mol. The van der Waals surface area contributed by atoms with Crippen LogP contribution in [0.2, 0.25) is 0 Å². The summed E-state index contributed by atoms with van der Waals surface area (Å²) in [5.41, 5.74) is 0.629. The summed E-state index contributed by atoms with van der Waals surface area (Å²) in [7, 11) is 3.04. The molecule has 0 radical (unpaired) electrons. The fourth-order valence-electron chi connectivity index (χ4n) is 3.54. The molecule has 3 rings (SSSR count). The molecule has 1 aromatic rings. The third kappa shape index (κ3) is 4.32. The summed E-state index contributed by atoms with van der Waals surface area (Å²) in [6.45, 7) is 3.96. The Morgan fingerprint density at radius 1 is 1.20 bits per heavy atom. The number of esters is 1. The molecule has 1 N–H and O–H groups in total. The van der Waals surface area contributed by atoms with Gasteiger partial charge < -0.3 is 24.0 Å². The lowest BCUT2D eigenvalue weighted by molar-refractivity contribution is -0.153. The van der Waals surface area contributed by atoms with Gasteiger partial charge in [0.1, 0.15) is 6.04 Å². The zero-order chi connectivity index (χ0) is 21.7. The number of nitrogens with zero attached hydrogens (tertiary/aromatic N) is 3. The number of hydrogen-bond donors (Lipinski definition) is 1. The van der Waals surface area contributed by atoms with Crippen molar-refractivity contribution in [2.45, 2.75) is 13.0 Å². The maximum Gasteiger partial charge on any atom is 0.321 e. The van der Waals surface area contributed by atoms with Gasteiger partial charge in [0.15, 0.2) is 17.4 Å². The van der Waals surface area contributed by atoms with Crippen molar-refractivity contribution >= 4 is 24.2 Å². The number of benzene rings is 1. The Hall–Kier alpha value is -3.30. The topological polar surface area (TPSA) is 110 Å². The molecule has 2 unspecified atom stereocenters. The smallest absolute Gasteiger partial charge is 0.321 e. The third-order valence-electron chi connectivity index (χ3n) is 5.15. The van der Waals surface area contributed by atoms with E-state index in [4.69, 9.17) is 19.2 Å². The van der Waals surface area contributed by atoms with Crippen molar-refractivity contribution in [2.24, 2.45) is 10.9 Å². The Labute approximate surface area is 174 Å². The maximum absolute atomic E-state index is 12.9. The molecule has 10 heteroatoms. The van der Waals surface area contributed by atoms with Crippen molar-refractivity contribution in [2.75, 3.05) is 47.0 Å². The molecule has 0 spiro atoms. The van der Waals surface area contributed by atoms with Crippen molar-refractivity contribution < 1.29 is 28.6 Å². The highest BCUT2D eigenvalue weighted by molar-refractivity contribution is 6.08. The second kappa shape index (κ2) is 9.47. The molecular weight excluding hydrogens is 392 g/mol. The molecule has 1 saturated heterocycles. The molecule has 2 aliphatic rings. The highest BCUT2D eigenvalue weighted by Crippen LogP contribution is 2.36. The summed E-state index contributed by atoms with van der Waals surface area (Å²) < 4.78 is 15.8. The molecule has 162 valence electrons. The van der Waals surface area contributed by atoms with Crippen LogP contribution in [-0.2, 0) is 19.1 Å². The van der Waals surface area contributed by atoms with Crippen LogP contribution in [0.3, 0.4) is 0 Å². The van der Waals surface area contributed by atoms with Crippen LogP contribution in [0.25, 0.3) is 0 Å². The Balaban J connectivity index is 1.97. The quantitative estimate of drug-likeness (QED) is 0.399. The summed E-state index contributed by atoms with van der Waals surface area (Å²) >= 11 is 0. The van der Waals surface area contributed by atoms with E-state index < -0.39 is 23.8 Å². The van der Waals surface area contributed by atoms with Crippen molar-refractivity contribution in [3.8, 4) is 11.5 Å². The van der Waals surface area contributed by atoms with E-state index in [0.717, 1.165) is 6.41 Å². The van der Waals surface area contributed by atoms with Crippen LogP contribution in [0.1, 0.15) is 18.5 Å². The van der Waals surface area contributed by atoms with Gasteiger partial charge in [-0.05, 0) is 24.6 Å². The summed E-state index contributed by atoms with van der Waals surface area (Å²) in [4.78, 5) is 44.7. The van der Waals surface area contributed by atoms with Gasteiger partial charge in [-0.2, -0.15) is 0 Å². The molecular formula is C20H26N4O6. The van der Waals surface area contributed by atoms with E-state index in [1.165, 1.54) is 14.2 Å². The Morgan fingerprint density at radius 3 is 2.50 bits per heavy atom. The van der Waals surface area contributed by atoms with Gasteiger partial charge in [-0.15, -0.1) is 0 Å². The van der Waals surface area contributed by atoms with Crippen molar-refractivity contribution in [1.29, 1.82) is 0 Å². The van der Waals surface area contributed by atoms with Gasteiger partial charge in [0.05, 0.1) is 20.8 Å². The second-order valence-corrected chi connectivity index (χ2v) is 6.86. The van der Waals surface area contributed by atoms with Gasteiger partial charge in [0.2, 0.25) is 18.3 Å². The third-order valence-corrected chi connectivity index (χ3v) is 5.15. The number of hydrogen-bond acceptors (Lipinski definition) is 8. The molecule has 30 heavy (non-hydrogen) atoms. The van der Waals surface area contributed by atoms with E-state index in [9.17, 15) is 14.4 Å². The largest absolute Gasteiger partial charge is 0.493 e. The fraction of sp³-hybridized carbons (Fsp3) is 0.500. The molecule has 2 aliphatic heterocycles. The molecule has 10 nitrogen and oxygen atoms in total. The van der Waals surface area contributed by atoms with E-state index in [-0.39, 0.29) is 6.61 Å². The minimum atomic E-state index is -1.12. The number of aliphatic imine (C=N–C) groups is 1. The first-order valence-electron chi connectivity index (χ1n) is 9.73. The number of rotatable bonds is 6. The van der Waals surface area contributed by atoms with Gasteiger partial charge in [-0.1, -0.05) is 6.07 Å². The summed E-state index contributed by atoms with van der Waals surface area (Å²) in [6, 6.07) is 4.39.